The molecule has 0 saturated heterocycles. The number of nitrogens with zero attached hydrogens (tertiary/aromatic N) is 1. The van der Waals surface area contributed by atoms with Crippen LogP contribution in [0, 0.1) is 0 Å². The van der Waals surface area contributed by atoms with E-state index in [0.29, 0.717) is 18.2 Å². The number of carbonyl (C=O) groups is 1. The number of aromatic amines is 1. The largest absolute Gasteiger partial charge is 0.465 e. The van der Waals surface area contributed by atoms with Crippen molar-refractivity contribution in [1.82, 2.24) is 9.97 Å². The first kappa shape index (κ1) is 14.6. The minimum atomic E-state index is -0.235. The fourth-order valence-electron chi connectivity index (χ4n) is 2.55. The molecule has 0 fully saturated rings. The van der Waals surface area contributed by atoms with Crippen LogP contribution in [0.4, 0.5) is 0 Å². The summed E-state index contributed by atoms with van der Waals surface area (Å²) < 4.78 is 4.86. The highest BCUT2D eigenvalue weighted by atomic mass is 32.2. The number of rotatable bonds is 5. The van der Waals surface area contributed by atoms with E-state index in [4.69, 9.17) is 4.74 Å². The van der Waals surface area contributed by atoms with Gasteiger partial charge in [0, 0.05) is 4.88 Å². The molecule has 1 aliphatic carbocycles. The maximum atomic E-state index is 12.2. The highest BCUT2D eigenvalue weighted by Crippen LogP contribution is 2.34. The molecule has 3 rings (SSSR count). The molecular weight excluding hydrogens is 308 g/mol. The predicted octanol–water partition coefficient (Wildman–Crippen LogP) is 2.27. The monoisotopic (exact) mass is 324 g/mol. The lowest BCUT2D eigenvalue weighted by atomic mass is 10.2. The van der Waals surface area contributed by atoms with Crippen LogP contribution >= 0.6 is 23.1 Å². The van der Waals surface area contributed by atoms with Crippen molar-refractivity contribution in [3.63, 3.8) is 0 Å². The van der Waals surface area contributed by atoms with Crippen LogP contribution < -0.4 is 5.56 Å². The number of hydrogen-bond donors (Lipinski definition) is 1. The van der Waals surface area contributed by atoms with Gasteiger partial charge in [-0.25, -0.2) is 4.98 Å². The van der Waals surface area contributed by atoms with E-state index in [-0.39, 0.29) is 17.3 Å². The summed E-state index contributed by atoms with van der Waals surface area (Å²) in [5, 5.41) is 0.770. The minimum Gasteiger partial charge on any atom is -0.465 e. The molecule has 0 radical (unpaired) electrons. The minimum absolute atomic E-state index is 0.0499. The highest BCUT2D eigenvalue weighted by Gasteiger charge is 2.21. The van der Waals surface area contributed by atoms with E-state index < -0.39 is 0 Å². The molecule has 112 valence electrons. The number of aromatic nitrogens is 2. The second-order valence-corrected chi connectivity index (χ2v) is 6.92. The Morgan fingerprint density at radius 1 is 1.48 bits per heavy atom. The van der Waals surface area contributed by atoms with E-state index in [1.54, 1.807) is 18.3 Å². The number of hydrogen-bond acceptors (Lipinski definition) is 6. The lowest BCUT2D eigenvalue weighted by molar-refractivity contribution is -0.139. The van der Waals surface area contributed by atoms with Gasteiger partial charge in [-0.3, -0.25) is 9.59 Å². The average molecular weight is 324 g/mol. The maximum absolute atomic E-state index is 12.2. The van der Waals surface area contributed by atoms with Gasteiger partial charge in [0.1, 0.15) is 10.7 Å². The van der Waals surface area contributed by atoms with Gasteiger partial charge in [0.25, 0.3) is 5.56 Å². The zero-order valence-electron chi connectivity index (χ0n) is 11.7. The number of aryl methyl sites for hydroxylation is 2. The smallest absolute Gasteiger partial charge is 0.315 e. The number of esters is 1. The molecular formula is C14H16N2O3S2. The number of thiophene rings is 1. The first-order valence-corrected chi connectivity index (χ1v) is 8.93. The average Bonchev–Trinajstić information content (AvgIpc) is 2.98. The van der Waals surface area contributed by atoms with Crippen molar-refractivity contribution in [2.75, 3.05) is 12.4 Å². The topological polar surface area (TPSA) is 72.0 Å². The summed E-state index contributed by atoms with van der Waals surface area (Å²) in [6.07, 6.45) is 3.17. The van der Waals surface area contributed by atoms with Gasteiger partial charge in [0.15, 0.2) is 0 Å². The Hall–Kier alpha value is -1.34. The number of fused-ring (bicyclic) bond motifs is 3. The van der Waals surface area contributed by atoms with E-state index >= 15 is 0 Å². The van der Waals surface area contributed by atoms with Gasteiger partial charge in [-0.05, 0) is 31.7 Å². The molecule has 21 heavy (non-hydrogen) atoms. The zero-order valence-corrected chi connectivity index (χ0v) is 13.4. The van der Waals surface area contributed by atoms with Crippen LogP contribution in [-0.2, 0) is 28.1 Å². The third-order valence-corrected chi connectivity index (χ3v) is 5.49. The Kier molecular flexibility index (Phi) is 4.30. The summed E-state index contributed by atoms with van der Waals surface area (Å²) in [5.74, 6) is 1.17. The summed E-state index contributed by atoms with van der Waals surface area (Å²) in [6.45, 7) is 2.17. The van der Waals surface area contributed by atoms with Crippen LogP contribution in [0.5, 0.6) is 0 Å². The fourth-order valence-corrected chi connectivity index (χ4v) is 4.51. The van der Waals surface area contributed by atoms with Gasteiger partial charge in [-0.2, -0.15) is 0 Å². The van der Waals surface area contributed by atoms with E-state index in [2.05, 4.69) is 9.97 Å². The fraction of sp³-hybridized carbons (Fsp3) is 0.500. The van der Waals surface area contributed by atoms with Gasteiger partial charge in [-0.1, -0.05) is 0 Å². The summed E-state index contributed by atoms with van der Waals surface area (Å²) in [7, 11) is 0. The van der Waals surface area contributed by atoms with E-state index in [0.717, 1.165) is 29.5 Å². The summed E-state index contributed by atoms with van der Waals surface area (Å²) in [4.78, 5) is 33.0. The van der Waals surface area contributed by atoms with Crippen LogP contribution in [0.1, 0.15) is 29.6 Å². The molecule has 0 atom stereocenters. The van der Waals surface area contributed by atoms with E-state index in [1.165, 1.54) is 22.2 Å². The first-order chi connectivity index (χ1) is 10.2. The van der Waals surface area contributed by atoms with Crippen LogP contribution in [0.15, 0.2) is 4.79 Å². The normalized spacial score (nSPS) is 13.6. The Bertz CT molecular complexity index is 736. The third-order valence-electron chi connectivity index (χ3n) is 3.39. The first-order valence-electron chi connectivity index (χ1n) is 6.96. The van der Waals surface area contributed by atoms with Gasteiger partial charge < -0.3 is 9.72 Å². The van der Waals surface area contributed by atoms with Gasteiger partial charge in [0.05, 0.1) is 23.5 Å². The summed E-state index contributed by atoms with van der Waals surface area (Å²) >= 11 is 3.03. The molecule has 5 nitrogen and oxygen atoms in total. The van der Waals surface area contributed by atoms with Crippen molar-refractivity contribution in [2.45, 2.75) is 31.9 Å². The Morgan fingerprint density at radius 2 is 2.33 bits per heavy atom. The van der Waals surface area contributed by atoms with Crippen molar-refractivity contribution < 1.29 is 9.53 Å². The van der Waals surface area contributed by atoms with E-state index in [1.807, 2.05) is 0 Å². The number of H-pyrrole nitrogens is 1. The van der Waals surface area contributed by atoms with Gasteiger partial charge >= 0.3 is 5.97 Å². The Labute approximate surface area is 130 Å². The second kappa shape index (κ2) is 6.19. The standard InChI is InChI=1S/C14H16N2O3S2/c1-2-19-11(17)7-20-6-10-15-13(18)12-8-4-3-5-9(8)21-14(12)16-10/h2-7H2,1H3,(H,15,16,18). The van der Waals surface area contributed by atoms with Crippen LogP contribution in [0.25, 0.3) is 10.2 Å². The van der Waals surface area contributed by atoms with Crippen molar-refractivity contribution >= 4 is 39.3 Å². The van der Waals surface area contributed by atoms with Crippen molar-refractivity contribution in [2.24, 2.45) is 0 Å². The van der Waals surface area contributed by atoms with Crippen LogP contribution in [0.2, 0.25) is 0 Å². The van der Waals surface area contributed by atoms with Crippen molar-refractivity contribution in [3.8, 4) is 0 Å². The molecule has 0 bridgehead atoms. The molecule has 0 saturated carbocycles. The number of nitrogens with one attached hydrogen (secondary N) is 1. The van der Waals surface area contributed by atoms with Gasteiger partial charge in [-0.15, -0.1) is 23.1 Å². The predicted molar refractivity (Wildman–Crippen MR) is 85.1 cm³/mol. The molecule has 0 amide bonds. The molecule has 1 N–H and O–H groups in total. The number of ether oxygens (including phenoxy) is 1. The highest BCUT2D eigenvalue weighted by molar-refractivity contribution is 7.99. The molecule has 2 aromatic heterocycles. The Balaban J connectivity index is 1.76. The van der Waals surface area contributed by atoms with Crippen LogP contribution in [0.3, 0.4) is 0 Å². The molecule has 1 aliphatic rings. The Morgan fingerprint density at radius 3 is 3.14 bits per heavy atom. The van der Waals surface area contributed by atoms with Crippen molar-refractivity contribution in [3.05, 3.63) is 26.6 Å². The van der Waals surface area contributed by atoms with Crippen LogP contribution in [-0.4, -0.2) is 28.3 Å². The molecule has 0 aromatic carbocycles. The molecule has 2 aromatic rings. The third kappa shape index (κ3) is 2.98. The molecule has 0 aliphatic heterocycles. The SMILES string of the molecule is CCOC(=O)CSCc1nc2sc3c(c2c(=O)[nH]1)CCC3. The lowest BCUT2D eigenvalue weighted by Gasteiger charge is -2.02. The number of thioether (sulfide) groups is 1. The molecule has 2 heterocycles. The van der Waals surface area contributed by atoms with E-state index in [9.17, 15) is 9.59 Å². The summed E-state index contributed by atoms with van der Waals surface area (Å²) in [5.41, 5.74) is 1.14. The van der Waals surface area contributed by atoms with Gasteiger partial charge in [0.2, 0.25) is 0 Å². The second-order valence-electron chi connectivity index (χ2n) is 4.85. The maximum Gasteiger partial charge on any atom is 0.315 e. The molecule has 0 unspecified atom stereocenters. The number of carbonyl (C=O) groups excluding carboxylic acids is 1. The lowest BCUT2D eigenvalue weighted by Crippen LogP contribution is -2.12. The quantitative estimate of drug-likeness (QED) is 0.854. The van der Waals surface area contributed by atoms with Crippen molar-refractivity contribution in [1.29, 1.82) is 0 Å². The molecule has 7 heteroatoms. The molecule has 0 spiro atoms. The summed E-state index contributed by atoms with van der Waals surface area (Å²) in [6, 6.07) is 0. The zero-order chi connectivity index (χ0) is 14.8.